The fraction of sp³-hybridized carbons (Fsp3) is 0.833. The summed E-state index contributed by atoms with van der Waals surface area (Å²) in [5.74, 6) is -1.74. The van der Waals surface area contributed by atoms with Crippen molar-refractivity contribution in [2.24, 2.45) is 5.92 Å². The lowest BCUT2D eigenvalue weighted by molar-refractivity contribution is -0.875. The molecule has 0 amide bonds. The number of hydrogen-bond acceptors (Lipinski definition) is 4. The van der Waals surface area contributed by atoms with Gasteiger partial charge in [0, 0.05) is 18.8 Å². The van der Waals surface area contributed by atoms with Gasteiger partial charge in [0.05, 0.1) is 21.1 Å². The zero-order valence-corrected chi connectivity index (χ0v) is 11.3. The maximum absolute atomic E-state index is 11.9. The number of ketones is 1. The summed E-state index contributed by atoms with van der Waals surface area (Å²) in [5.41, 5.74) is -1.83. The maximum atomic E-state index is 11.9. The van der Waals surface area contributed by atoms with Crippen molar-refractivity contribution < 1.29 is 24.3 Å². The van der Waals surface area contributed by atoms with E-state index in [9.17, 15) is 19.8 Å². The van der Waals surface area contributed by atoms with Crippen LogP contribution in [0, 0.1) is 5.92 Å². The second kappa shape index (κ2) is 5.60. The summed E-state index contributed by atoms with van der Waals surface area (Å²) in [7, 11) is 5.38. The van der Waals surface area contributed by atoms with Crippen molar-refractivity contribution in [3.63, 3.8) is 0 Å². The van der Waals surface area contributed by atoms with Crippen LogP contribution < -0.4 is 5.11 Å². The van der Waals surface area contributed by atoms with E-state index in [2.05, 4.69) is 0 Å². The lowest BCUT2D eigenvalue weighted by Crippen LogP contribution is -2.56. The maximum Gasteiger partial charge on any atom is 0.177 e. The molecule has 0 aromatic carbocycles. The number of carboxylic acids is 1. The highest BCUT2D eigenvalue weighted by Crippen LogP contribution is 2.19. The fourth-order valence-electron chi connectivity index (χ4n) is 1.83. The normalized spacial score (nSPS) is 15.7. The molecule has 1 unspecified atom stereocenters. The fourth-order valence-corrected chi connectivity index (χ4v) is 1.83. The highest BCUT2D eigenvalue weighted by molar-refractivity contribution is 5.90. The Morgan fingerprint density at radius 1 is 1.29 bits per heavy atom. The average molecular weight is 245 g/mol. The van der Waals surface area contributed by atoms with E-state index in [4.69, 9.17) is 0 Å². The first-order valence-corrected chi connectivity index (χ1v) is 5.72. The van der Waals surface area contributed by atoms with Crippen LogP contribution in [0.3, 0.4) is 0 Å². The van der Waals surface area contributed by atoms with Crippen LogP contribution in [-0.4, -0.2) is 54.6 Å². The number of carbonyl (C=O) groups is 2. The summed E-state index contributed by atoms with van der Waals surface area (Å²) in [4.78, 5) is 22.6. The van der Waals surface area contributed by atoms with Crippen molar-refractivity contribution in [3.8, 4) is 0 Å². The van der Waals surface area contributed by atoms with Crippen LogP contribution in [0.4, 0.5) is 0 Å². The van der Waals surface area contributed by atoms with Crippen molar-refractivity contribution in [1.29, 1.82) is 0 Å². The number of aliphatic hydroxyl groups is 1. The van der Waals surface area contributed by atoms with Crippen LogP contribution in [0.2, 0.25) is 0 Å². The molecule has 0 aromatic heterocycles. The van der Waals surface area contributed by atoms with Gasteiger partial charge in [-0.25, -0.2) is 0 Å². The number of hydrogen-bond donors (Lipinski definition) is 1. The van der Waals surface area contributed by atoms with E-state index in [0.717, 1.165) is 0 Å². The first kappa shape index (κ1) is 16.1. The zero-order valence-electron chi connectivity index (χ0n) is 11.3. The Labute approximate surface area is 103 Å². The van der Waals surface area contributed by atoms with Crippen LogP contribution in [0.25, 0.3) is 0 Å². The number of carbonyl (C=O) groups excluding carboxylic acids is 2. The topological polar surface area (TPSA) is 77.4 Å². The molecule has 100 valence electrons. The van der Waals surface area contributed by atoms with Crippen molar-refractivity contribution in [2.45, 2.75) is 32.3 Å². The molecule has 5 heteroatoms. The highest BCUT2D eigenvalue weighted by Gasteiger charge is 2.40. The molecule has 0 aromatic rings. The smallest absolute Gasteiger partial charge is 0.177 e. The van der Waals surface area contributed by atoms with Crippen LogP contribution in [0.1, 0.15) is 26.7 Å². The van der Waals surface area contributed by atoms with Gasteiger partial charge in [0.2, 0.25) is 0 Å². The Kier molecular flexibility index (Phi) is 5.29. The standard InChI is InChI=1S/C12H23NO4/c1-9(2)6-10(14)12(17,7-11(15)16)8-13(3,4)5/h9,17H,6-8H2,1-5H3. The van der Waals surface area contributed by atoms with Gasteiger partial charge in [-0.1, -0.05) is 13.8 Å². The van der Waals surface area contributed by atoms with Gasteiger partial charge in [-0.2, -0.15) is 0 Å². The Morgan fingerprint density at radius 2 is 1.76 bits per heavy atom. The molecule has 0 radical (unpaired) electrons. The van der Waals surface area contributed by atoms with Gasteiger partial charge in [-0.15, -0.1) is 0 Å². The van der Waals surface area contributed by atoms with E-state index in [1.165, 1.54) is 0 Å². The van der Waals surface area contributed by atoms with Gasteiger partial charge in [-0.3, -0.25) is 4.79 Å². The number of likely N-dealkylation sites (N-methyl/N-ethyl adjacent to an activating group) is 1. The van der Waals surface area contributed by atoms with Crippen LogP contribution in [-0.2, 0) is 9.59 Å². The van der Waals surface area contributed by atoms with Crippen molar-refractivity contribution in [1.82, 2.24) is 0 Å². The van der Waals surface area contributed by atoms with Crippen LogP contribution >= 0.6 is 0 Å². The molecule has 17 heavy (non-hydrogen) atoms. The SMILES string of the molecule is CC(C)CC(=O)C(O)(CC(=O)[O-])C[N+](C)(C)C. The molecule has 0 saturated heterocycles. The van der Waals surface area contributed by atoms with Gasteiger partial charge in [0.1, 0.15) is 6.54 Å². The van der Waals surface area contributed by atoms with Gasteiger partial charge in [-0.05, 0) is 5.92 Å². The lowest BCUT2D eigenvalue weighted by atomic mass is 9.88. The molecule has 0 spiro atoms. The van der Waals surface area contributed by atoms with Gasteiger partial charge < -0.3 is 19.5 Å². The second-order valence-corrected chi connectivity index (χ2v) is 6.05. The Balaban J connectivity index is 4.96. The third kappa shape index (κ3) is 6.38. The molecule has 0 aliphatic carbocycles. The lowest BCUT2D eigenvalue weighted by Gasteiger charge is -2.35. The third-order valence-electron chi connectivity index (χ3n) is 2.29. The minimum atomic E-state index is -1.83. The first-order valence-electron chi connectivity index (χ1n) is 5.72. The first-order chi connectivity index (χ1) is 7.46. The molecule has 1 atom stereocenters. The summed E-state index contributed by atoms with van der Waals surface area (Å²) in [6, 6.07) is 0. The Bertz CT molecular complexity index is 293. The van der Waals surface area contributed by atoms with E-state index in [1.807, 2.05) is 13.8 Å². The number of rotatable bonds is 7. The molecule has 0 heterocycles. The minimum Gasteiger partial charge on any atom is -0.550 e. The number of carboxylic acid groups (broad SMARTS) is 1. The quantitative estimate of drug-likeness (QED) is 0.594. The second-order valence-electron chi connectivity index (χ2n) is 6.05. The monoisotopic (exact) mass is 245 g/mol. The molecule has 0 rings (SSSR count). The van der Waals surface area contributed by atoms with E-state index in [1.54, 1.807) is 21.1 Å². The summed E-state index contributed by atoms with van der Waals surface area (Å²) in [5, 5.41) is 20.9. The van der Waals surface area contributed by atoms with E-state index >= 15 is 0 Å². The molecule has 0 bridgehead atoms. The van der Waals surface area contributed by atoms with Gasteiger partial charge >= 0.3 is 0 Å². The molecule has 0 fully saturated rings. The van der Waals surface area contributed by atoms with Crippen molar-refractivity contribution in [2.75, 3.05) is 27.7 Å². The van der Waals surface area contributed by atoms with Crippen molar-refractivity contribution in [3.05, 3.63) is 0 Å². The highest BCUT2D eigenvalue weighted by atomic mass is 16.4. The third-order valence-corrected chi connectivity index (χ3v) is 2.29. The summed E-state index contributed by atoms with van der Waals surface area (Å²) in [6.45, 7) is 3.76. The van der Waals surface area contributed by atoms with Crippen LogP contribution in [0.15, 0.2) is 0 Å². The number of aliphatic carboxylic acids is 1. The largest absolute Gasteiger partial charge is 0.550 e. The van der Waals surface area contributed by atoms with Crippen LogP contribution in [0.5, 0.6) is 0 Å². The predicted molar refractivity (Wildman–Crippen MR) is 61.9 cm³/mol. The number of nitrogens with zero attached hydrogens (tertiary/aromatic N) is 1. The predicted octanol–water partition coefficient (Wildman–Crippen LogP) is -0.821. The molecule has 5 nitrogen and oxygen atoms in total. The van der Waals surface area contributed by atoms with Gasteiger partial charge in [0.15, 0.2) is 11.4 Å². The molecule has 0 aliphatic rings. The Hall–Kier alpha value is -0.940. The van der Waals surface area contributed by atoms with E-state index < -0.39 is 23.8 Å². The minimum absolute atomic E-state index is 0.0620. The number of Topliss-reactive ketones (excluding diaryl/α,β-unsaturated/α-hetero) is 1. The number of quaternary nitrogens is 1. The molecule has 0 saturated carbocycles. The van der Waals surface area contributed by atoms with E-state index in [-0.39, 0.29) is 18.9 Å². The average Bonchev–Trinajstić information content (AvgIpc) is 1.96. The Morgan fingerprint density at radius 3 is 2.06 bits per heavy atom. The molecular formula is C12H23NO4. The van der Waals surface area contributed by atoms with Gasteiger partial charge in [0.25, 0.3) is 0 Å². The molecule has 1 N–H and O–H groups in total. The van der Waals surface area contributed by atoms with Crippen molar-refractivity contribution >= 4 is 11.8 Å². The van der Waals surface area contributed by atoms with E-state index in [0.29, 0.717) is 4.48 Å². The molecular weight excluding hydrogens is 222 g/mol. The molecule has 0 aliphatic heterocycles. The summed E-state index contributed by atoms with van der Waals surface area (Å²) < 4.78 is 0.313. The zero-order chi connectivity index (χ0) is 13.9. The summed E-state index contributed by atoms with van der Waals surface area (Å²) >= 11 is 0. The summed E-state index contributed by atoms with van der Waals surface area (Å²) in [6.07, 6.45) is -0.474.